The van der Waals surface area contributed by atoms with Crippen molar-refractivity contribution in [3.05, 3.63) is 93.6 Å². The Morgan fingerprint density at radius 1 is 1.18 bits per heavy atom. The van der Waals surface area contributed by atoms with Gasteiger partial charge >= 0.3 is 0 Å². The van der Waals surface area contributed by atoms with E-state index in [2.05, 4.69) is 15.4 Å². The fourth-order valence-electron chi connectivity index (χ4n) is 4.02. The van der Waals surface area contributed by atoms with E-state index in [4.69, 9.17) is 17.3 Å². The van der Waals surface area contributed by atoms with E-state index in [9.17, 15) is 14.7 Å². The Hall–Kier alpha value is -4.37. The lowest BCUT2D eigenvalue weighted by Gasteiger charge is -2.21. The highest BCUT2D eigenvalue weighted by Gasteiger charge is 2.24. The van der Waals surface area contributed by atoms with Gasteiger partial charge in [0.2, 0.25) is 0 Å². The van der Waals surface area contributed by atoms with Crippen LogP contribution in [0.4, 0.5) is 5.82 Å². The Balaban J connectivity index is 1.65. The summed E-state index contributed by atoms with van der Waals surface area (Å²) in [4.78, 5) is 31.0. The first kappa shape index (κ1) is 21.5. The van der Waals surface area contributed by atoms with Gasteiger partial charge in [0.25, 0.3) is 11.5 Å². The molecule has 0 aliphatic rings. The number of aromatic nitrogens is 4. The second-order valence-corrected chi connectivity index (χ2v) is 8.18. The molecular formula is C24H19ClN6O3. The van der Waals surface area contributed by atoms with E-state index in [1.165, 1.54) is 21.2 Å². The number of nitrogens with two attached hydrogens (primary N) is 1. The largest absolute Gasteiger partial charge is 0.508 e. The van der Waals surface area contributed by atoms with Gasteiger partial charge in [-0.1, -0.05) is 29.8 Å². The summed E-state index contributed by atoms with van der Waals surface area (Å²) in [5.41, 5.74) is 7.00. The number of nitrogens with one attached hydrogen (secondary N) is 1. The highest BCUT2D eigenvalue weighted by atomic mass is 35.5. The van der Waals surface area contributed by atoms with Crippen LogP contribution in [-0.2, 0) is 0 Å². The predicted molar refractivity (Wildman–Crippen MR) is 130 cm³/mol. The Morgan fingerprint density at radius 3 is 2.76 bits per heavy atom. The molecule has 1 amide bonds. The highest BCUT2D eigenvalue weighted by molar-refractivity contribution is 6.35. The maximum atomic E-state index is 13.6. The fourth-order valence-corrected chi connectivity index (χ4v) is 4.28. The molecule has 3 heterocycles. The molecule has 0 saturated carbocycles. The average molecular weight is 475 g/mol. The SMILES string of the molecule is CC(NC(=O)c1c(N)nn2cccnc12)c1cc2cccc(Cl)c2c(=O)n1-c1cccc(O)c1. The molecule has 1 unspecified atom stereocenters. The molecule has 170 valence electrons. The van der Waals surface area contributed by atoms with Crippen molar-refractivity contribution >= 4 is 39.7 Å². The van der Waals surface area contributed by atoms with Crippen molar-refractivity contribution in [2.45, 2.75) is 13.0 Å². The van der Waals surface area contributed by atoms with Gasteiger partial charge in [0.05, 0.1) is 22.1 Å². The van der Waals surface area contributed by atoms with Crippen LogP contribution in [0.2, 0.25) is 5.02 Å². The molecule has 10 heteroatoms. The zero-order valence-corrected chi connectivity index (χ0v) is 18.7. The van der Waals surface area contributed by atoms with Crippen LogP contribution in [0.1, 0.15) is 29.0 Å². The molecule has 34 heavy (non-hydrogen) atoms. The first-order chi connectivity index (χ1) is 16.3. The summed E-state index contributed by atoms with van der Waals surface area (Å²) in [7, 11) is 0. The lowest BCUT2D eigenvalue weighted by Crippen LogP contribution is -2.32. The minimum Gasteiger partial charge on any atom is -0.508 e. The quantitative estimate of drug-likeness (QED) is 0.366. The van der Waals surface area contributed by atoms with Crippen molar-refractivity contribution in [2.24, 2.45) is 0 Å². The van der Waals surface area contributed by atoms with Crippen molar-refractivity contribution in [3.63, 3.8) is 0 Å². The monoisotopic (exact) mass is 474 g/mol. The third kappa shape index (κ3) is 3.52. The number of phenols is 1. The summed E-state index contributed by atoms with van der Waals surface area (Å²) < 4.78 is 2.85. The molecule has 0 bridgehead atoms. The second kappa shape index (κ2) is 8.20. The zero-order valence-electron chi connectivity index (χ0n) is 17.9. The molecule has 0 fully saturated rings. The molecule has 5 rings (SSSR count). The summed E-state index contributed by atoms with van der Waals surface area (Å²) in [6, 6.07) is 14.3. The van der Waals surface area contributed by atoms with Crippen LogP contribution in [0.15, 0.2) is 71.8 Å². The molecule has 2 aromatic carbocycles. The van der Waals surface area contributed by atoms with Gasteiger partial charge < -0.3 is 16.2 Å². The Bertz CT molecular complexity index is 1640. The van der Waals surface area contributed by atoms with E-state index < -0.39 is 11.9 Å². The van der Waals surface area contributed by atoms with Crippen LogP contribution in [0.5, 0.6) is 5.75 Å². The van der Waals surface area contributed by atoms with Crippen molar-refractivity contribution in [2.75, 3.05) is 5.73 Å². The smallest absolute Gasteiger partial charge is 0.264 e. The molecular weight excluding hydrogens is 456 g/mol. The topological polar surface area (TPSA) is 128 Å². The Labute approximate surface area is 198 Å². The first-order valence-corrected chi connectivity index (χ1v) is 10.8. The third-order valence-corrected chi connectivity index (χ3v) is 5.87. The average Bonchev–Trinajstić information content (AvgIpc) is 3.14. The predicted octanol–water partition coefficient (Wildman–Crippen LogP) is 3.47. The number of carbonyl (C=O) groups is 1. The number of hydrogen-bond donors (Lipinski definition) is 3. The van der Waals surface area contributed by atoms with Gasteiger partial charge in [-0.2, -0.15) is 0 Å². The van der Waals surface area contributed by atoms with E-state index in [0.29, 0.717) is 32.8 Å². The standard InChI is InChI=1S/C24H19ClN6O3/c1-13(28-23(33)20-21(26)29-30-10-4-9-27-22(20)30)18-11-14-5-2-8-17(25)19(14)24(34)31(18)15-6-3-7-16(32)12-15/h2-13,32H,1H3,(H2,26,29)(H,28,33). The van der Waals surface area contributed by atoms with E-state index in [1.54, 1.807) is 61.8 Å². The highest BCUT2D eigenvalue weighted by Crippen LogP contribution is 2.27. The summed E-state index contributed by atoms with van der Waals surface area (Å²) in [6.45, 7) is 1.75. The molecule has 1 atom stereocenters. The summed E-state index contributed by atoms with van der Waals surface area (Å²) in [6.07, 6.45) is 3.19. The van der Waals surface area contributed by atoms with Crippen LogP contribution < -0.4 is 16.6 Å². The van der Waals surface area contributed by atoms with E-state index in [-0.39, 0.29) is 22.7 Å². The molecule has 3 aromatic heterocycles. The van der Waals surface area contributed by atoms with Crippen LogP contribution >= 0.6 is 11.6 Å². The molecule has 4 N–H and O–H groups in total. The number of amides is 1. The minimum absolute atomic E-state index is 0.00324. The fraction of sp³-hybridized carbons (Fsp3) is 0.0833. The second-order valence-electron chi connectivity index (χ2n) is 7.78. The van der Waals surface area contributed by atoms with Gasteiger partial charge in [-0.15, -0.1) is 5.10 Å². The number of halogens is 1. The van der Waals surface area contributed by atoms with Crippen LogP contribution in [0.25, 0.3) is 22.1 Å². The number of benzene rings is 2. The number of nitrogen functional groups attached to an aromatic ring is 1. The van der Waals surface area contributed by atoms with Crippen LogP contribution in [-0.4, -0.2) is 30.2 Å². The third-order valence-electron chi connectivity index (χ3n) is 5.55. The number of hydrogen-bond acceptors (Lipinski definition) is 6. The number of nitrogens with zero attached hydrogens (tertiary/aromatic N) is 4. The molecule has 0 saturated heterocycles. The van der Waals surface area contributed by atoms with Crippen molar-refractivity contribution in [3.8, 4) is 11.4 Å². The molecule has 0 spiro atoms. The number of anilines is 1. The molecule has 0 aliphatic heterocycles. The molecule has 0 aliphatic carbocycles. The normalized spacial score (nSPS) is 12.2. The van der Waals surface area contributed by atoms with Crippen molar-refractivity contribution in [1.29, 1.82) is 0 Å². The van der Waals surface area contributed by atoms with Crippen molar-refractivity contribution < 1.29 is 9.90 Å². The molecule has 5 aromatic rings. The Kier molecular flexibility index (Phi) is 5.18. The summed E-state index contributed by atoms with van der Waals surface area (Å²) >= 11 is 6.35. The minimum atomic E-state index is -0.635. The van der Waals surface area contributed by atoms with Crippen molar-refractivity contribution in [1.82, 2.24) is 24.5 Å². The molecule has 9 nitrogen and oxygen atoms in total. The van der Waals surface area contributed by atoms with Gasteiger partial charge in [0, 0.05) is 24.2 Å². The number of rotatable bonds is 4. The lowest BCUT2D eigenvalue weighted by atomic mass is 10.1. The van der Waals surface area contributed by atoms with E-state index in [1.807, 2.05) is 0 Å². The van der Waals surface area contributed by atoms with Crippen LogP contribution in [0, 0.1) is 0 Å². The number of phenolic OH excluding ortho intramolecular Hbond substituents is 1. The maximum absolute atomic E-state index is 13.6. The number of fused-ring (bicyclic) bond motifs is 2. The Morgan fingerprint density at radius 2 is 1.97 bits per heavy atom. The summed E-state index contributed by atoms with van der Waals surface area (Å²) in [5, 5.41) is 18.3. The van der Waals surface area contributed by atoms with E-state index >= 15 is 0 Å². The lowest BCUT2D eigenvalue weighted by molar-refractivity contribution is 0.0941. The first-order valence-electron chi connectivity index (χ1n) is 10.4. The number of pyridine rings is 1. The summed E-state index contributed by atoms with van der Waals surface area (Å²) in [5.74, 6) is -0.449. The van der Waals surface area contributed by atoms with Gasteiger partial charge in [0.15, 0.2) is 11.5 Å². The molecule has 0 radical (unpaired) electrons. The van der Waals surface area contributed by atoms with Gasteiger partial charge in [0.1, 0.15) is 11.3 Å². The van der Waals surface area contributed by atoms with E-state index in [0.717, 1.165) is 0 Å². The maximum Gasteiger partial charge on any atom is 0.264 e. The van der Waals surface area contributed by atoms with Gasteiger partial charge in [-0.3, -0.25) is 14.2 Å². The zero-order chi connectivity index (χ0) is 24.0. The number of aromatic hydroxyl groups is 1. The number of carbonyl (C=O) groups excluding carboxylic acids is 1. The van der Waals surface area contributed by atoms with Gasteiger partial charge in [-0.25, -0.2) is 9.50 Å². The van der Waals surface area contributed by atoms with Gasteiger partial charge in [-0.05, 0) is 42.6 Å². The van der Waals surface area contributed by atoms with Crippen LogP contribution in [0.3, 0.4) is 0 Å².